The number of hydrogen-bond acceptors (Lipinski definition) is 4. The highest BCUT2D eigenvalue weighted by Crippen LogP contribution is 2.31. The van der Waals surface area contributed by atoms with Crippen LogP contribution in [-0.2, 0) is 0 Å². The Balaban J connectivity index is 1.89. The molecule has 1 amide bonds. The number of carboxylic acid groups (broad SMARTS) is 1. The zero-order chi connectivity index (χ0) is 19.4. The molecule has 2 aromatic carbocycles. The third-order valence-corrected chi connectivity index (χ3v) is 4.84. The van der Waals surface area contributed by atoms with E-state index in [4.69, 9.17) is 4.74 Å². The van der Waals surface area contributed by atoms with Gasteiger partial charge in [0.1, 0.15) is 5.75 Å². The second kappa shape index (κ2) is 8.12. The number of methoxy groups -OCH3 is 1. The van der Waals surface area contributed by atoms with Crippen molar-refractivity contribution in [3.8, 4) is 5.75 Å². The summed E-state index contributed by atoms with van der Waals surface area (Å²) in [5.41, 5.74) is 2.00. The minimum atomic E-state index is -1.02. The van der Waals surface area contributed by atoms with Gasteiger partial charge in [-0.15, -0.1) is 0 Å². The van der Waals surface area contributed by atoms with Gasteiger partial charge < -0.3 is 20.1 Å². The lowest BCUT2D eigenvalue weighted by molar-refractivity contribution is 0.0696. The first-order chi connectivity index (χ1) is 13.0. The number of carboxylic acids is 1. The molecule has 142 valence electrons. The summed E-state index contributed by atoms with van der Waals surface area (Å²) in [5, 5.41) is 12.2. The molecular weight excluding hydrogens is 344 g/mol. The van der Waals surface area contributed by atoms with E-state index in [2.05, 4.69) is 17.1 Å². The highest BCUT2D eigenvalue weighted by Gasteiger charge is 2.21. The molecule has 1 heterocycles. The highest BCUT2D eigenvalue weighted by atomic mass is 16.5. The molecular formula is C21H24N2O4. The Morgan fingerprint density at radius 3 is 2.48 bits per heavy atom. The van der Waals surface area contributed by atoms with E-state index in [-0.39, 0.29) is 11.5 Å². The van der Waals surface area contributed by atoms with Crippen molar-refractivity contribution in [3.05, 3.63) is 53.6 Å². The minimum absolute atomic E-state index is 0.147. The van der Waals surface area contributed by atoms with Crippen LogP contribution in [0.2, 0.25) is 0 Å². The highest BCUT2D eigenvalue weighted by molar-refractivity contribution is 6.06. The van der Waals surface area contributed by atoms with Gasteiger partial charge in [-0.1, -0.05) is 6.92 Å². The maximum absolute atomic E-state index is 12.7. The number of carbonyl (C=O) groups is 2. The smallest absolute Gasteiger partial charge is 0.335 e. The van der Waals surface area contributed by atoms with E-state index < -0.39 is 5.97 Å². The first-order valence-corrected chi connectivity index (χ1v) is 9.05. The monoisotopic (exact) mass is 368 g/mol. The zero-order valence-electron chi connectivity index (χ0n) is 15.6. The normalized spacial score (nSPS) is 16.7. The van der Waals surface area contributed by atoms with Gasteiger partial charge in [0.05, 0.1) is 24.0 Å². The Bertz CT molecular complexity index is 833. The number of aromatic carboxylic acids is 1. The lowest BCUT2D eigenvalue weighted by Gasteiger charge is -2.34. The van der Waals surface area contributed by atoms with Gasteiger partial charge in [-0.3, -0.25) is 4.79 Å². The molecule has 27 heavy (non-hydrogen) atoms. The van der Waals surface area contributed by atoms with Gasteiger partial charge in [0, 0.05) is 18.7 Å². The minimum Gasteiger partial charge on any atom is -0.497 e. The quantitative estimate of drug-likeness (QED) is 0.837. The van der Waals surface area contributed by atoms with Crippen LogP contribution in [0, 0.1) is 5.92 Å². The van der Waals surface area contributed by atoms with Crippen molar-refractivity contribution in [3.63, 3.8) is 0 Å². The van der Waals surface area contributed by atoms with E-state index >= 15 is 0 Å². The van der Waals surface area contributed by atoms with Crippen LogP contribution < -0.4 is 15.0 Å². The van der Waals surface area contributed by atoms with E-state index in [0.29, 0.717) is 22.9 Å². The summed E-state index contributed by atoms with van der Waals surface area (Å²) in [4.78, 5) is 26.3. The number of ether oxygens (including phenoxy) is 1. The van der Waals surface area contributed by atoms with Crippen LogP contribution in [0.15, 0.2) is 42.5 Å². The number of nitrogens with one attached hydrogen (secondary N) is 1. The fourth-order valence-electron chi connectivity index (χ4n) is 3.39. The van der Waals surface area contributed by atoms with Gasteiger partial charge in [-0.25, -0.2) is 4.79 Å². The summed E-state index contributed by atoms with van der Waals surface area (Å²) in [5.74, 6) is -0.0783. The summed E-state index contributed by atoms with van der Waals surface area (Å²) in [6, 6.07) is 11.7. The molecule has 6 heteroatoms. The Morgan fingerprint density at radius 1 is 1.15 bits per heavy atom. The second-order valence-electron chi connectivity index (χ2n) is 6.91. The molecule has 0 aromatic heterocycles. The molecule has 0 bridgehead atoms. The lowest BCUT2D eigenvalue weighted by atomic mass is 9.99. The van der Waals surface area contributed by atoms with Gasteiger partial charge in [-0.2, -0.15) is 0 Å². The SMILES string of the molecule is COc1ccc(C(=O)Nc2cc(C(=O)O)ccc2N2CCCC(C)C2)cc1. The van der Waals surface area contributed by atoms with Crippen molar-refractivity contribution < 1.29 is 19.4 Å². The summed E-state index contributed by atoms with van der Waals surface area (Å²) >= 11 is 0. The van der Waals surface area contributed by atoms with Gasteiger partial charge in [0.25, 0.3) is 5.91 Å². The Labute approximate surface area is 158 Å². The summed E-state index contributed by atoms with van der Waals surface area (Å²) in [6.07, 6.45) is 2.25. The fourth-order valence-corrected chi connectivity index (χ4v) is 3.39. The van der Waals surface area contributed by atoms with Crippen LogP contribution in [0.5, 0.6) is 5.75 Å². The standard InChI is InChI=1S/C21H24N2O4/c1-14-4-3-11-23(13-14)19-10-7-16(21(25)26)12-18(19)22-20(24)15-5-8-17(27-2)9-6-15/h5-10,12,14H,3-4,11,13H2,1-2H3,(H,22,24)(H,25,26). The number of amides is 1. The van der Waals surface area contributed by atoms with Crippen molar-refractivity contribution in [2.45, 2.75) is 19.8 Å². The molecule has 2 aromatic rings. The Hall–Kier alpha value is -3.02. The molecule has 3 rings (SSSR count). The van der Waals surface area contributed by atoms with Crippen LogP contribution in [0.3, 0.4) is 0 Å². The van der Waals surface area contributed by atoms with E-state index in [1.165, 1.54) is 12.5 Å². The van der Waals surface area contributed by atoms with Gasteiger partial charge in [0.2, 0.25) is 0 Å². The zero-order valence-corrected chi connectivity index (χ0v) is 15.6. The summed E-state index contributed by atoms with van der Waals surface area (Å²) < 4.78 is 5.11. The average Bonchev–Trinajstić information content (AvgIpc) is 2.68. The molecule has 1 fully saturated rings. The summed E-state index contributed by atoms with van der Waals surface area (Å²) in [7, 11) is 1.57. The van der Waals surface area contributed by atoms with Crippen molar-refractivity contribution >= 4 is 23.3 Å². The van der Waals surface area contributed by atoms with E-state index in [1.807, 2.05) is 0 Å². The van der Waals surface area contributed by atoms with Crippen molar-refractivity contribution in [1.82, 2.24) is 0 Å². The van der Waals surface area contributed by atoms with Gasteiger partial charge in [0.15, 0.2) is 0 Å². The molecule has 1 atom stereocenters. The molecule has 0 saturated carbocycles. The molecule has 0 aliphatic carbocycles. The number of benzene rings is 2. The number of carbonyl (C=O) groups excluding carboxylic acids is 1. The molecule has 1 aliphatic heterocycles. The first-order valence-electron chi connectivity index (χ1n) is 9.05. The number of rotatable bonds is 5. The Kier molecular flexibility index (Phi) is 5.64. The number of anilines is 2. The van der Waals surface area contributed by atoms with Crippen LogP contribution >= 0.6 is 0 Å². The molecule has 1 unspecified atom stereocenters. The summed E-state index contributed by atoms with van der Waals surface area (Å²) in [6.45, 7) is 3.98. The molecule has 6 nitrogen and oxygen atoms in total. The van der Waals surface area contributed by atoms with E-state index in [9.17, 15) is 14.7 Å². The van der Waals surface area contributed by atoms with Gasteiger partial charge >= 0.3 is 5.97 Å². The van der Waals surface area contributed by atoms with E-state index in [0.717, 1.165) is 25.2 Å². The topological polar surface area (TPSA) is 78.9 Å². The van der Waals surface area contributed by atoms with Gasteiger partial charge in [-0.05, 0) is 61.2 Å². The number of hydrogen-bond donors (Lipinski definition) is 2. The predicted octanol–water partition coefficient (Wildman–Crippen LogP) is 3.88. The maximum Gasteiger partial charge on any atom is 0.335 e. The first kappa shape index (κ1) is 18.8. The number of piperidine rings is 1. The predicted molar refractivity (Wildman–Crippen MR) is 105 cm³/mol. The van der Waals surface area contributed by atoms with Crippen molar-refractivity contribution in [1.29, 1.82) is 0 Å². The van der Waals surface area contributed by atoms with E-state index in [1.54, 1.807) is 43.5 Å². The van der Waals surface area contributed by atoms with Crippen LogP contribution in [-0.4, -0.2) is 37.2 Å². The molecule has 2 N–H and O–H groups in total. The van der Waals surface area contributed by atoms with Crippen LogP contribution in [0.1, 0.15) is 40.5 Å². The molecule has 0 radical (unpaired) electrons. The van der Waals surface area contributed by atoms with Crippen molar-refractivity contribution in [2.24, 2.45) is 5.92 Å². The number of nitrogens with zero attached hydrogens (tertiary/aromatic N) is 1. The van der Waals surface area contributed by atoms with Crippen molar-refractivity contribution in [2.75, 3.05) is 30.4 Å². The Morgan fingerprint density at radius 2 is 1.85 bits per heavy atom. The second-order valence-corrected chi connectivity index (χ2v) is 6.91. The van der Waals surface area contributed by atoms with Crippen LogP contribution in [0.4, 0.5) is 11.4 Å². The molecule has 1 saturated heterocycles. The average molecular weight is 368 g/mol. The largest absolute Gasteiger partial charge is 0.497 e. The maximum atomic E-state index is 12.7. The third-order valence-electron chi connectivity index (χ3n) is 4.84. The van der Waals surface area contributed by atoms with Crippen LogP contribution in [0.25, 0.3) is 0 Å². The molecule has 1 aliphatic rings. The molecule has 0 spiro atoms. The fraction of sp³-hybridized carbons (Fsp3) is 0.333. The third kappa shape index (κ3) is 4.39. The lowest BCUT2D eigenvalue weighted by Crippen LogP contribution is -2.35.